The van der Waals surface area contributed by atoms with Gasteiger partial charge in [0.05, 0.1) is 13.2 Å². The maximum atomic E-state index is 11.5. The molecule has 0 bridgehead atoms. The highest BCUT2D eigenvalue weighted by atomic mass is 35.5. The molecule has 6 heteroatoms. The van der Waals surface area contributed by atoms with Crippen LogP contribution >= 0.6 is 11.6 Å². The van der Waals surface area contributed by atoms with Crippen LogP contribution in [0.4, 0.5) is 0 Å². The quantitative estimate of drug-likeness (QED) is 0.591. The lowest BCUT2D eigenvalue weighted by Crippen LogP contribution is -2.30. The van der Waals surface area contributed by atoms with Gasteiger partial charge < -0.3 is 14.8 Å². The Morgan fingerprint density at radius 3 is 2.76 bits per heavy atom. The Morgan fingerprint density at radius 2 is 2.10 bits per heavy atom. The van der Waals surface area contributed by atoms with Crippen molar-refractivity contribution < 1.29 is 19.1 Å². The van der Waals surface area contributed by atoms with Gasteiger partial charge in [0.25, 0.3) is 0 Å². The summed E-state index contributed by atoms with van der Waals surface area (Å²) in [4.78, 5) is 22.5. The normalized spacial score (nSPS) is 10.0. The molecule has 0 spiro atoms. The molecular formula is C15H20ClNO4. The Kier molecular flexibility index (Phi) is 7.61. The molecule has 0 aliphatic rings. The number of rotatable bonds is 8. The molecule has 1 rings (SSSR count). The molecule has 0 radical (unpaired) electrons. The standard InChI is InChI=1S/C15H20ClNO4/c1-3-20-15(19)10-17-14(18)5-4-8-21-13-7-6-12(16)9-11(13)2/h6-7,9H,3-5,8,10H2,1-2H3,(H,17,18). The van der Waals surface area contributed by atoms with Gasteiger partial charge in [-0.2, -0.15) is 0 Å². The second-order valence-electron chi connectivity index (χ2n) is 4.44. The molecule has 0 saturated heterocycles. The van der Waals surface area contributed by atoms with E-state index in [9.17, 15) is 9.59 Å². The molecule has 0 aromatic heterocycles. The van der Waals surface area contributed by atoms with Gasteiger partial charge in [0.2, 0.25) is 5.91 Å². The first-order chi connectivity index (χ1) is 10.0. The average Bonchev–Trinajstić information content (AvgIpc) is 2.43. The Balaban J connectivity index is 2.18. The van der Waals surface area contributed by atoms with Crippen LogP contribution in [0.25, 0.3) is 0 Å². The van der Waals surface area contributed by atoms with Gasteiger partial charge in [-0.15, -0.1) is 0 Å². The number of hydrogen-bond donors (Lipinski definition) is 1. The Hall–Kier alpha value is -1.75. The summed E-state index contributed by atoms with van der Waals surface area (Å²) in [5.41, 5.74) is 0.953. The predicted molar refractivity (Wildman–Crippen MR) is 80.6 cm³/mol. The zero-order chi connectivity index (χ0) is 15.7. The molecule has 5 nitrogen and oxygen atoms in total. The van der Waals surface area contributed by atoms with Crippen LogP contribution in [0.1, 0.15) is 25.3 Å². The van der Waals surface area contributed by atoms with E-state index in [-0.39, 0.29) is 12.5 Å². The van der Waals surface area contributed by atoms with E-state index in [2.05, 4.69) is 5.32 Å². The number of ether oxygens (including phenoxy) is 2. The second-order valence-corrected chi connectivity index (χ2v) is 4.88. The SMILES string of the molecule is CCOC(=O)CNC(=O)CCCOc1ccc(Cl)cc1C. The maximum absolute atomic E-state index is 11.5. The first kappa shape index (κ1) is 17.3. The molecule has 0 saturated carbocycles. The van der Waals surface area contributed by atoms with Crippen molar-refractivity contribution in [3.63, 3.8) is 0 Å². The summed E-state index contributed by atoms with van der Waals surface area (Å²) >= 11 is 5.86. The highest BCUT2D eigenvalue weighted by Crippen LogP contribution is 2.21. The monoisotopic (exact) mass is 313 g/mol. The van der Waals surface area contributed by atoms with E-state index < -0.39 is 5.97 Å². The number of carbonyl (C=O) groups is 2. The zero-order valence-electron chi connectivity index (χ0n) is 12.3. The van der Waals surface area contributed by atoms with Crippen molar-refractivity contribution in [2.24, 2.45) is 0 Å². The highest BCUT2D eigenvalue weighted by Gasteiger charge is 2.06. The first-order valence-electron chi connectivity index (χ1n) is 6.84. The summed E-state index contributed by atoms with van der Waals surface area (Å²) in [5, 5.41) is 3.16. The lowest BCUT2D eigenvalue weighted by Gasteiger charge is -2.09. The van der Waals surface area contributed by atoms with Crippen molar-refractivity contribution in [3.8, 4) is 5.75 Å². The van der Waals surface area contributed by atoms with E-state index in [0.717, 1.165) is 11.3 Å². The van der Waals surface area contributed by atoms with Gasteiger partial charge >= 0.3 is 5.97 Å². The van der Waals surface area contributed by atoms with Crippen LogP contribution in [0.2, 0.25) is 5.02 Å². The van der Waals surface area contributed by atoms with Gasteiger partial charge in [0.15, 0.2) is 0 Å². The number of halogens is 1. The van der Waals surface area contributed by atoms with Gasteiger partial charge in [0.1, 0.15) is 12.3 Å². The third-order valence-electron chi connectivity index (χ3n) is 2.68. The summed E-state index contributed by atoms with van der Waals surface area (Å²) in [7, 11) is 0. The fourth-order valence-electron chi connectivity index (χ4n) is 1.66. The van der Waals surface area contributed by atoms with E-state index in [0.29, 0.717) is 31.1 Å². The van der Waals surface area contributed by atoms with Gasteiger partial charge in [-0.3, -0.25) is 9.59 Å². The third-order valence-corrected chi connectivity index (χ3v) is 2.91. The van der Waals surface area contributed by atoms with Crippen molar-refractivity contribution in [2.75, 3.05) is 19.8 Å². The van der Waals surface area contributed by atoms with Crippen LogP contribution in [-0.4, -0.2) is 31.6 Å². The van der Waals surface area contributed by atoms with Crippen LogP contribution in [0.15, 0.2) is 18.2 Å². The smallest absolute Gasteiger partial charge is 0.325 e. The fraction of sp³-hybridized carbons (Fsp3) is 0.467. The van der Waals surface area contributed by atoms with Crippen LogP contribution in [0.3, 0.4) is 0 Å². The number of carbonyl (C=O) groups excluding carboxylic acids is 2. The van der Waals surface area contributed by atoms with Gasteiger partial charge in [-0.1, -0.05) is 11.6 Å². The maximum Gasteiger partial charge on any atom is 0.325 e. The molecule has 0 heterocycles. The largest absolute Gasteiger partial charge is 0.493 e. The summed E-state index contributed by atoms with van der Waals surface area (Å²) in [5.74, 6) is 0.129. The summed E-state index contributed by atoms with van der Waals surface area (Å²) in [6, 6.07) is 5.39. The minimum atomic E-state index is -0.432. The molecule has 1 amide bonds. The molecule has 1 aromatic carbocycles. The average molecular weight is 314 g/mol. The fourth-order valence-corrected chi connectivity index (χ4v) is 1.89. The first-order valence-corrected chi connectivity index (χ1v) is 7.22. The number of benzene rings is 1. The van der Waals surface area contributed by atoms with Gasteiger partial charge in [-0.25, -0.2) is 0 Å². The van der Waals surface area contributed by atoms with Crippen molar-refractivity contribution >= 4 is 23.5 Å². The minimum Gasteiger partial charge on any atom is -0.493 e. The Morgan fingerprint density at radius 1 is 1.33 bits per heavy atom. The molecule has 0 aliphatic carbocycles. The predicted octanol–water partition coefficient (Wildman–Crippen LogP) is 2.49. The van der Waals surface area contributed by atoms with Crippen LogP contribution in [0, 0.1) is 6.92 Å². The van der Waals surface area contributed by atoms with Crippen LogP contribution in [0.5, 0.6) is 5.75 Å². The molecule has 0 unspecified atom stereocenters. The highest BCUT2D eigenvalue weighted by molar-refractivity contribution is 6.30. The molecule has 21 heavy (non-hydrogen) atoms. The molecule has 0 atom stereocenters. The van der Waals surface area contributed by atoms with Crippen molar-refractivity contribution in [3.05, 3.63) is 28.8 Å². The Bertz CT molecular complexity index is 491. The number of hydrogen-bond acceptors (Lipinski definition) is 4. The number of amides is 1. The third kappa shape index (κ3) is 6.99. The van der Waals surface area contributed by atoms with E-state index >= 15 is 0 Å². The molecular weight excluding hydrogens is 294 g/mol. The van der Waals surface area contributed by atoms with E-state index in [1.54, 1.807) is 19.1 Å². The van der Waals surface area contributed by atoms with Crippen molar-refractivity contribution in [2.45, 2.75) is 26.7 Å². The van der Waals surface area contributed by atoms with Gasteiger partial charge in [0, 0.05) is 11.4 Å². The summed E-state index contributed by atoms with van der Waals surface area (Å²) < 4.78 is 10.3. The number of nitrogens with one attached hydrogen (secondary N) is 1. The molecule has 0 aliphatic heterocycles. The van der Waals surface area contributed by atoms with E-state index in [4.69, 9.17) is 21.1 Å². The lowest BCUT2D eigenvalue weighted by molar-refractivity contribution is -0.143. The van der Waals surface area contributed by atoms with E-state index in [1.165, 1.54) is 0 Å². The van der Waals surface area contributed by atoms with E-state index in [1.807, 2.05) is 13.0 Å². The van der Waals surface area contributed by atoms with Gasteiger partial charge in [-0.05, 0) is 44.0 Å². The summed E-state index contributed by atoms with van der Waals surface area (Å²) in [6.45, 7) is 4.27. The number of aryl methyl sites for hydroxylation is 1. The van der Waals surface area contributed by atoms with Crippen molar-refractivity contribution in [1.29, 1.82) is 0 Å². The van der Waals surface area contributed by atoms with Crippen LogP contribution in [-0.2, 0) is 14.3 Å². The zero-order valence-corrected chi connectivity index (χ0v) is 13.0. The number of esters is 1. The molecule has 0 fully saturated rings. The minimum absolute atomic E-state index is 0.0934. The topological polar surface area (TPSA) is 64.6 Å². The lowest BCUT2D eigenvalue weighted by atomic mass is 10.2. The molecule has 1 N–H and O–H groups in total. The molecule has 1 aromatic rings. The molecule has 116 valence electrons. The van der Waals surface area contributed by atoms with Crippen LogP contribution < -0.4 is 10.1 Å². The second kappa shape index (κ2) is 9.23. The summed E-state index contributed by atoms with van der Waals surface area (Å²) in [6.07, 6.45) is 0.864. The van der Waals surface area contributed by atoms with Crippen molar-refractivity contribution in [1.82, 2.24) is 5.32 Å². The Labute approximate surface area is 129 Å².